The second-order valence-corrected chi connectivity index (χ2v) is 7.70. The molecule has 0 spiro atoms. The number of H-pyrrole nitrogens is 1. The van der Waals surface area contributed by atoms with Crippen molar-refractivity contribution in [3.8, 4) is 0 Å². The van der Waals surface area contributed by atoms with E-state index in [-0.39, 0.29) is 29.7 Å². The van der Waals surface area contributed by atoms with Gasteiger partial charge in [-0.1, -0.05) is 6.92 Å². The van der Waals surface area contributed by atoms with Crippen LogP contribution in [0.2, 0.25) is 0 Å². The van der Waals surface area contributed by atoms with E-state index in [9.17, 15) is 9.59 Å². The average molecular weight is 402 g/mol. The van der Waals surface area contributed by atoms with Crippen LogP contribution in [0.3, 0.4) is 0 Å². The van der Waals surface area contributed by atoms with Crippen molar-refractivity contribution in [3.05, 3.63) is 29.7 Å². The van der Waals surface area contributed by atoms with Gasteiger partial charge in [-0.25, -0.2) is 4.79 Å². The number of aromatic nitrogens is 4. The number of nitrogens with one attached hydrogen (secondary N) is 3. The summed E-state index contributed by atoms with van der Waals surface area (Å²) in [5.74, 6) is 0.0981. The van der Waals surface area contributed by atoms with Gasteiger partial charge < -0.3 is 20.1 Å². The first-order valence-electron chi connectivity index (χ1n) is 9.93. The molecule has 1 saturated heterocycles. The molecule has 156 valence electrons. The third kappa shape index (κ3) is 4.12. The van der Waals surface area contributed by atoms with E-state index in [1.54, 1.807) is 25.4 Å². The predicted octanol–water partition coefficient (Wildman–Crippen LogP) is 2.28. The lowest BCUT2D eigenvalue weighted by molar-refractivity contribution is 0.0578. The number of hydrogen-bond acceptors (Lipinski definition) is 6. The molecule has 2 aromatic heterocycles. The van der Waals surface area contributed by atoms with Crippen molar-refractivity contribution in [3.63, 3.8) is 0 Å². The number of ether oxygens (including phenoxy) is 2. The van der Waals surface area contributed by atoms with Crippen LogP contribution in [0, 0.1) is 0 Å². The van der Waals surface area contributed by atoms with Crippen LogP contribution in [0.1, 0.15) is 61.3 Å². The van der Waals surface area contributed by atoms with E-state index >= 15 is 0 Å². The highest BCUT2D eigenvalue weighted by molar-refractivity contribution is 6.02. The largest absolute Gasteiger partial charge is 0.444 e. The van der Waals surface area contributed by atoms with Gasteiger partial charge in [-0.3, -0.25) is 14.6 Å². The number of carbonyl (C=O) groups excluding carboxylic acids is 2. The van der Waals surface area contributed by atoms with Gasteiger partial charge in [0.15, 0.2) is 5.82 Å². The normalized spacial score (nSPS) is 22.7. The number of aryl methyl sites for hydroxylation is 1. The van der Waals surface area contributed by atoms with Crippen LogP contribution >= 0.6 is 0 Å². The summed E-state index contributed by atoms with van der Waals surface area (Å²) >= 11 is 0. The molecule has 4 rings (SSSR count). The number of nitrogens with zero attached hydrogens (tertiary/aromatic N) is 3. The Balaban J connectivity index is 1.29. The molecule has 3 heterocycles. The summed E-state index contributed by atoms with van der Waals surface area (Å²) in [6.45, 7) is 2.41. The Morgan fingerprint density at radius 3 is 2.93 bits per heavy atom. The Morgan fingerprint density at radius 2 is 2.28 bits per heavy atom. The van der Waals surface area contributed by atoms with Crippen molar-refractivity contribution in [2.45, 2.75) is 56.8 Å². The van der Waals surface area contributed by atoms with Gasteiger partial charge in [-0.05, 0) is 31.7 Å². The second kappa shape index (κ2) is 7.86. The first-order chi connectivity index (χ1) is 14.0. The van der Waals surface area contributed by atoms with Gasteiger partial charge in [0.25, 0.3) is 5.91 Å². The molecule has 0 radical (unpaired) electrons. The fourth-order valence-electron chi connectivity index (χ4n) is 3.81. The van der Waals surface area contributed by atoms with Crippen LogP contribution in [0.15, 0.2) is 18.3 Å². The van der Waals surface area contributed by atoms with Gasteiger partial charge in [-0.15, -0.1) is 0 Å². The van der Waals surface area contributed by atoms with Crippen LogP contribution in [-0.2, 0) is 16.5 Å². The maximum absolute atomic E-state index is 12.2. The van der Waals surface area contributed by atoms with Crippen molar-refractivity contribution in [1.29, 1.82) is 0 Å². The van der Waals surface area contributed by atoms with Gasteiger partial charge in [-0.2, -0.15) is 10.2 Å². The Labute approximate surface area is 168 Å². The van der Waals surface area contributed by atoms with Crippen molar-refractivity contribution in [1.82, 2.24) is 25.3 Å². The molecule has 2 aliphatic rings. The second-order valence-electron chi connectivity index (χ2n) is 7.70. The third-order valence-corrected chi connectivity index (χ3v) is 5.83. The molecule has 0 aromatic carbocycles. The Kier molecular flexibility index (Phi) is 5.27. The molecule has 10 heteroatoms. The van der Waals surface area contributed by atoms with E-state index in [0.29, 0.717) is 24.5 Å². The number of alkyl carbamates (subject to hydrolysis) is 1. The molecule has 0 unspecified atom stereocenters. The standard InChI is InChI=1S/C19H26N6O4/c1-3-19(6-4-7-19)22-18(27)29-12-9-15(28-11-12)13-10-16(24-23-13)21-17(26)14-5-8-20-25(14)2/h5,8,10,12,15H,3-4,6-7,9,11H2,1-2H3,(H,22,27)(H2,21,23,24,26)/t12-,15-/m0/s1. The summed E-state index contributed by atoms with van der Waals surface area (Å²) in [6.07, 6.45) is 5.18. The minimum atomic E-state index is -0.380. The topological polar surface area (TPSA) is 123 Å². The number of amides is 2. The number of aromatic amines is 1. The lowest BCUT2D eigenvalue weighted by Crippen LogP contribution is -2.53. The highest BCUT2D eigenvalue weighted by Crippen LogP contribution is 2.35. The smallest absolute Gasteiger partial charge is 0.407 e. The van der Waals surface area contributed by atoms with Crippen molar-refractivity contribution < 1.29 is 19.1 Å². The van der Waals surface area contributed by atoms with E-state index in [1.807, 2.05) is 0 Å². The summed E-state index contributed by atoms with van der Waals surface area (Å²) in [5.41, 5.74) is 1.06. The maximum Gasteiger partial charge on any atom is 0.407 e. The van der Waals surface area contributed by atoms with Crippen LogP contribution in [-0.4, -0.2) is 50.2 Å². The molecule has 10 nitrogen and oxygen atoms in total. The molecular weight excluding hydrogens is 376 g/mol. The maximum atomic E-state index is 12.2. The van der Waals surface area contributed by atoms with Gasteiger partial charge in [0, 0.05) is 31.3 Å². The summed E-state index contributed by atoms with van der Waals surface area (Å²) < 4.78 is 12.8. The molecule has 2 atom stereocenters. The van der Waals surface area contributed by atoms with Gasteiger partial charge in [0.1, 0.15) is 17.9 Å². The van der Waals surface area contributed by atoms with Crippen LogP contribution in [0.25, 0.3) is 0 Å². The van der Waals surface area contributed by atoms with E-state index < -0.39 is 0 Å². The number of anilines is 1. The molecule has 2 aromatic rings. The zero-order valence-electron chi connectivity index (χ0n) is 16.6. The first kappa shape index (κ1) is 19.4. The predicted molar refractivity (Wildman–Crippen MR) is 103 cm³/mol. The van der Waals surface area contributed by atoms with Gasteiger partial charge in [0.2, 0.25) is 0 Å². The van der Waals surface area contributed by atoms with E-state index in [1.165, 1.54) is 4.68 Å². The quantitative estimate of drug-likeness (QED) is 0.681. The third-order valence-electron chi connectivity index (χ3n) is 5.83. The SMILES string of the molecule is CCC1(NC(=O)O[C@@H]2CO[C@H](c3cc(NC(=O)c4ccnn4C)n[nH]3)C2)CCC1. The lowest BCUT2D eigenvalue weighted by atomic mass is 9.75. The minimum Gasteiger partial charge on any atom is -0.444 e. The van der Waals surface area contributed by atoms with Crippen molar-refractivity contribution in [2.24, 2.45) is 7.05 Å². The molecule has 1 saturated carbocycles. The van der Waals surface area contributed by atoms with Crippen LogP contribution in [0.4, 0.5) is 10.6 Å². The monoisotopic (exact) mass is 402 g/mol. The molecule has 3 N–H and O–H groups in total. The summed E-state index contributed by atoms with van der Waals surface area (Å²) in [7, 11) is 1.70. The molecule has 2 amide bonds. The number of carbonyl (C=O) groups is 2. The Morgan fingerprint density at radius 1 is 1.45 bits per heavy atom. The molecule has 1 aliphatic carbocycles. The molecule has 0 bridgehead atoms. The van der Waals surface area contributed by atoms with Crippen molar-refractivity contribution in [2.75, 3.05) is 11.9 Å². The zero-order chi connectivity index (χ0) is 20.4. The summed E-state index contributed by atoms with van der Waals surface area (Å²) in [4.78, 5) is 24.5. The summed E-state index contributed by atoms with van der Waals surface area (Å²) in [6, 6.07) is 3.35. The highest BCUT2D eigenvalue weighted by Gasteiger charge is 2.38. The molecular formula is C19H26N6O4. The number of hydrogen-bond donors (Lipinski definition) is 3. The van der Waals surface area contributed by atoms with Crippen LogP contribution < -0.4 is 10.6 Å². The van der Waals surface area contributed by atoms with E-state index in [4.69, 9.17) is 9.47 Å². The molecule has 1 aliphatic heterocycles. The highest BCUT2D eigenvalue weighted by atomic mass is 16.6. The molecule has 2 fully saturated rings. The summed E-state index contributed by atoms with van der Waals surface area (Å²) in [5, 5.41) is 16.7. The first-order valence-corrected chi connectivity index (χ1v) is 9.93. The van der Waals surface area contributed by atoms with Crippen LogP contribution in [0.5, 0.6) is 0 Å². The Hall–Kier alpha value is -2.88. The van der Waals surface area contributed by atoms with Gasteiger partial charge >= 0.3 is 6.09 Å². The van der Waals surface area contributed by atoms with Crippen molar-refractivity contribution >= 4 is 17.8 Å². The minimum absolute atomic E-state index is 0.0969. The van der Waals surface area contributed by atoms with E-state index in [2.05, 4.69) is 32.9 Å². The van der Waals surface area contributed by atoms with Gasteiger partial charge in [0.05, 0.1) is 12.3 Å². The number of rotatable bonds is 6. The Bertz CT molecular complexity index is 881. The fraction of sp³-hybridized carbons (Fsp3) is 0.579. The van der Waals surface area contributed by atoms with E-state index in [0.717, 1.165) is 31.4 Å². The molecule has 29 heavy (non-hydrogen) atoms. The zero-order valence-corrected chi connectivity index (χ0v) is 16.6. The average Bonchev–Trinajstić information content (AvgIpc) is 3.39. The fourth-order valence-corrected chi connectivity index (χ4v) is 3.81. The lowest BCUT2D eigenvalue weighted by Gasteiger charge is -2.41.